The number of rotatable bonds is 7. The largest absolute Gasteiger partial charge is 0.497 e. The maximum absolute atomic E-state index is 12.7. The first-order chi connectivity index (χ1) is 14.4. The molecule has 0 aliphatic carbocycles. The Bertz CT molecular complexity index is 973. The zero-order valence-electron chi connectivity index (χ0n) is 16.5. The third-order valence-corrected chi connectivity index (χ3v) is 5.60. The van der Waals surface area contributed by atoms with Crippen molar-refractivity contribution in [3.63, 3.8) is 0 Å². The highest BCUT2D eigenvalue weighted by Crippen LogP contribution is 2.32. The fourth-order valence-corrected chi connectivity index (χ4v) is 4.08. The highest BCUT2D eigenvalue weighted by Gasteiger charge is 2.38. The van der Waals surface area contributed by atoms with E-state index in [-0.39, 0.29) is 23.8 Å². The number of amidine groups is 1. The molecule has 1 fully saturated rings. The number of aliphatic imine (C=N–C) groups is 1. The molecule has 0 radical (unpaired) electrons. The molecule has 0 spiro atoms. The Kier molecular flexibility index (Phi) is 6.73. The Hall–Kier alpha value is -3.33. The normalized spacial score (nSPS) is 17.3. The highest BCUT2D eigenvalue weighted by atomic mass is 32.2. The van der Waals surface area contributed by atoms with E-state index in [1.807, 2.05) is 6.92 Å². The Labute approximate surface area is 177 Å². The Morgan fingerprint density at radius 2 is 1.83 bits per heavy atom. The quantitative estimate of drug-likeness (QED) is 0.701. The molecule has 30 heavy (non-hydrogen) atoms. The number of aromatic carboxylic acids is 1. The summed E-state index contributed by atoms with van der Waals surface area (Å²) in [6.45, 7) is 2.31. The number of ether oxygens (including phenoxy) is 1. The summed E-state index contributed by atoms with van der Waals surface area (Å²) >= 11 is 1.26. The van der Waals surface area contributed by atoms with Gasteiger partial charge in [-0.15, -0.1) is 0 Å². The molecule has 1 aliphatic rings. The van der Waals surface area contributed by atoms with Crippen molar-refractivity contribution >= 4 is 46.1 Å². The topological polar surface area (TPSA) is 108 Å². The average molecular weight is 427 g/mol. The Morgan fingerprint density at radius 3 is 2.40 bits per heavy atom. The van der Waals surface area contributed by atoms with Gasteiger partial charge in [-0.1, -0.05) is 11.8 Å². The predicted molar refractivity (Wildman–Crippen MR) is 116 cm³/mol. The van der Waals surface area contributed by atoms with Crippen molar-refractivity contribution in [3.8, 4) is 5.75 Å². The lowest BCUT2D eigenvalue weighted by molar-refractivity contribution is -0.128. The third kappa shape index (κ3) is 4.98. The maximum Gasteiger partial charge on any atom is 0.335 e. The number of hydrogen-bond acceptors (Lipinski definition) is 6. The fourth-order valence-electron chi connectivity index (χ4n) is 2.86. The summed E-state index contributed by atoms with van der Waals surface area (Å²) in [4.78, 5) is 42.1. The number of amides is 2. The summed E-state index contributed by atoms with van der Waals surface area (Å²) in [5.74, 6) is -0.812. The van der Waals surface area contributed by atoms with Crippen molar-refractivity contribution in [2.75, 3.05) is 19.0 Å². The molecule has 156 valence electrons. The van der Waals surface area contributed by atoms with Crippen LogP contribution in [0.1, 0.15) is 23.7 Å². The third-order valence-electron chi connectivity index (χ3n) is 4.42. The molecule has 0 aromatic heterocycles. The van der Waals surface area contributed by atoms with Crippen LogP contribution in [-0.4, -0.2) is 51.9 Å². The second-order valence-corrected chi connectivity index (χ2v) is 7.59. The lowest BCUT2D eigenvalue weighted by Crippen LogP contribution is -2.33. The van der Waals surface area contributed by atoms with Crippen LogP contribution in [0.2, 0.25) is 0 Å². The van der Waals surface area contributed by atoms with Crippen molar-refractivity contribution in [1.82, 2.24) is 4.90 Å². The molecule has 0 saturated carbocycles. The van der Waals surface area contributed by atoms with Gasteiger partial charge in [0.2, 0.25) is 11.8 Å². The highest BCUT2D eigenvalue weighted by molar-refractivity contribution is 8.15. The number of methoxy groups -OCH3 is 1. The number of nitrogens with one attached hydrogen (secondary N) is 1. The molecule has 2 N–H and O–H groups in total. The van der Waals surface area contributed by atoms with E-state index in [1.54, 1.807) is 36.3 Å². The lowest BCUT2D eigenvalue weighted by Gasteiger charge is -2.13. The minimum atomic E-state index is -1.04. The molecule has 1 saturated heterocycles. The number of anilines is 1. The van der Waals surface area contributed by atoms with Crippen molar-refractivity contribution in [3.05, 3.63) is 54.1 Å². The molecular formula is C21H21N3O5S. The maximum atomic E-state index is 12.7. The van der Waals surface area contributed by atoms with E-state index in [2.05, 4.69) is 10.3 Å². The van der Waals surface area contributed by atoms with Gasteiger partial charge in [-0.25, -0.2) is 9.79 Å². The summed E-state index contributed by atoms with van der Waals surface area (Å²) in [5.41, 5.74) is 1.29. The van der Waals surface area contributed by atoms with Crippen LogP contribution in [0.3, 0.4) is 0 Å². The summed E-state index contributed by atoms with van der Waals surface area (Å²) in [7, 11) is 1.58. The molecule has 9 heteroatoms. The minimum Gasteiger partial charge on any atom is -0.497 e. The van der Waals surface area contributed by atoms with Gasteiger partial charge < -0.3 is 15.2 Å². The van der Waals surface area contributed by atoms with Gasteiger partial charge in [0.25, 0.3) is 0 Å². The van der Waals surface area contributed by atoms with E-state index < -0.39 is 11.2 Å². The first kappa shape index (κ1) is 21.4. The Morgan fingerprint density at radius 1 is 1.17 bits per heavy atom. The van der Waals surface area contributed by atoms with E-state index in [0.717, 1.165) is 0 Å². The van der Waals surface area contributed by atoms with E-state index >= 15 is 0 Å². The first-order valence-corrected chi connectivity index (χ1v) is 10.1. The van der Waals surface area contributed by atoms with Gasteiger partial charge in [-0.2, -0.15) is 0 Å². The first-order valence-electron chi connectivity index (χ1n) is 9.25. The molecule has 0 bridgehead atoms. The zero-order chi connectivity index (χ0) is 21.7. The van der Waals surface area contributed by atoms with Crippen molar-refractivity contribution in [2.45, 2.75) is 18.6 Å². The van der Waals surface area contributed by atoms with Gasteiger partial charge in [0.1, 0.15) is 11.0 Å². The molecule has 1 heterocycles. The van der Waals surface area contributed by atoms with Crippen LogP contribution < -0.4 is 10.1 Å². The molecule has 3 rings (SSSR count). The number of thioether (sulfide) groups is 1. The van der Waals surface area contributed by atoms with Gasteiger partial charge >= 0.3 is 5.97 Å². The minimum absolute atomic E-state index is 0.0116. The number of carboxylic acids is 1. The number of nitrogens with zero attached hydrogens (tertiary/aromatic N) is 2. The Balaban J connectivity index is 1.67. The van der Waals surface area contributed by atoms with Crippen LogP contribution in [0.5, 0.6) is 5.75 Å². The zero-order valence-corrected chi connectivity index (χ0v) is 17.3. The van der Waals surface area contributed by atoms with Crippen molar-refractivity contribution in [1.29, 1.82) is 0 Å². The molecule has 1 aliphatic heterocycles. The molecule has 1 unspecified atom stereocenters. The van der Waals surface area contributed by atoms with Gasteiger partial charge in [0.15, 0.2) is 5.17 Å². The number of carbonyl (C=O) groups is 3. The molecule has 2 aromatic carbocycles. The van der Waals surface area contributed by atoms with Gasteiger partial charge in [-0.3, -0.25) is 14.5 Å². The second-order valence-electron chi connectivity index (χ2n) is 6.42. The van der Waals surface area contributed by atoms with E-state index in [4.69, 9.17) is 9.84 Å². The number of carboxylic acid groups (broad SMARTS) is 1. The fraction of sp³-hybridized carbons (Fsp3) is 0.238. The lowest BCUT2D eigenvalue weighted by atomic mass is 10.2. The van der Waals surface area contributed by atoms with Gasteiger partial charge in [-0.05, 0) is 55.5 Å². The van der Waals surface area contributed by atoms with E-state index in [9.17, 15) is 14.4 Å². The summed E-state index contributed by atoms with van der Waals surface area (Å²) in [6.07, 6.45) is -0.0116. The summed E-state index contributed by atoms with van der Waals surface area (Å²) < 4.78 is 5.13. The van der Waals surface area contributed by atoms with Crippen LogP contribution in [0, 0.1) is 0 Å². The van der Waals surface area contributed by atoms with Crippen LogP contribution in [0.25, 0.3) is 0 Å². The molecule has 1 atom stereocenters. The van der Waals surface area contributed by atoms with Crippen molar-refractivity contribution < 1.29 is 24.2 Å². The van der Waals surface area contributed by atoms with Crippen LogP contribution in [0.15, 0.2) is 53.5 Å². The van der Waals surface area contributed by atoms with Gasteiger partial charge in [0.05, 0.1) is 18.4 Å². The number of carbonyl (C=O) groups excluding carboxylic acids is 2. The standard InChI is InChI=1S/C21H21N3O5S/c1-3-24-19(26)17(30-21(24)23-15-8-10-16(29-2)11-9-15)12-18(25)22-14-6-4-13(5-7-14)20(27)28/h4-11,17H,3,12H2,1-2H3,(H,22,25)(H,27,28). The predicted octanol–water partition coefficient (Wildman–Crippen LogP) is 3.37. The van der Waals surface area contributed by atoms with Gasteiger partial charge in [0, 0.05) is 18.7 Å². The summed E-state index contributed by atoms with van der Waals surface area (Å²) in [6, 6.07) is 13.0. The van der Waals surface area contributed by atoms with Crippen molar-refractivity contribution in [2.24, 2.45) is 4.99 Å². The smallest absolute Gasteiger partial charge is 0.335 e. The number of benzene rings is 2. The molecule has 2 amide bonds. The van der Waals surface area contributed by atoms with Crippen LogP contribution in [-0.2, 0) is 9.59 Å². The number of hydrogen-bond donors (Lipinski definition) is 2. The molecule has 8 nitrogen and oxygen atoms in total. The van der Waals surface area contributed by atoms with E-state index in [0.29, 0.717) is 28.8 Å². The summed E-state index contributed by atoms with van der Waals surface area (Å²) in [5, 5.41) is 11.6. The molecule has 2 aromatic rings. The average Bonchev–Trinajstić information content (AvgIpc) is 3.02. The van der Waals surface area contributed by atoms with E-state index in [1.165, 1.54) is 36.0 Å². The monoisotopic (exact) mass is 427 g/mol. The SMILES string of the molecule is CCN1C(=O)C(CC(=O)Nc2ccc(C(=O)O)cc2)SC1=Nc1ccc(OC)cc1. The second kappa shape index (κ2) is 9.45. The van der Waals surface area contributed by atoms with Crippen LogP contribution in [0.4, 0.5) is 11.4 Å². The molecular weight excluding hydrogens is 406 g/mol. The van der Waals surface area contributed by atoms with Crippen LogP contribution >= 0.6 is 11.8 Å².